The Morgan fingerprint density at radius 1 is 1.12 bits per heavy atom. The van der Waals surface area contributed by atoms with Crippen molar-refractivity contribution in [1.29, 1.82) is 0 Å². The summed E-state index contributed by atoms with van der Waals surface area (Å²) in [6.07, 6.45) is 5.46. The van der Waals surface area contributed by atoms with Crippen LogP contribution in [-0.4, -0.2) is 63.5 Å². The minimum atomic E-state index is 0.529. The maximum absolute atomic E-state index is 5.59. The molecule has 2 aliphatic rings. The fraction of sp³-hybridized carbons (Fsp3) is 1.00. The van der Waals surface area contributed by atoms with Gasteiger partial charge in [0.15, 0.2) is 0 Å². The molecule has 0 spiro atoms. The van der Waals surface area contributed by atoms with Gasteiger partial charge in [-0.25, -0.2) is 0 Å². The molecule has 2 rings (SSSR count). The number of hydrogen-bond donors (Lipinski definition) is 1. The highest BCUT2D eigenvalue weighted by Crippen LogP contribution is 2.14. The molecule has 0 bridgehead atoms. The molecule has 0 aromatic carbocycles. The Balaban J connectivity index is 1.38. The van der Waals surface area contributed by atoms with E-state index in [0.717, 1.165) is 46.0 Å². The van der Waals surface area contributed by atoms with Crippen LogP contribution in [0.3, 0.4) is 0 Å². The van der Waals surface area contributed by atoms with E-state index in [2.05, 4.69) is 10.2 Å². The Bertz CT molecular complexity index is 190. The van der Waals surface area contributed by atoms with Gasteiger partial charge < -0.3 is 14.8 Å². The lowest BCUT2D eigenvalue weighted by atomic mass is 10.2. The minimum absolute atomic E-state index is 0.529. The van der Waals surface area contributed by atoms with Crippen LogP contribution in [0.25, 0.3) is 0 Å². The van der Waals surface area contributed by atoms with Gasteiger partial charge in [0.25, 0.3) is 0 Å². The number of ether oxygens (including phenoxy) is 2. The van der Waals surface area contributed by atoms with E-state index in [4.69, 9.17) is 9.47 Å². The second-order valence-electron chi connectivity index (χ2n) is 4.98. The van der Waals surface area contributed by atoms with Crippen LogP contribution in [-0.2, 0) is 9.47 Å². The Hall–Kier alpha value is -0.160. The second-order valence-corrected chi connectivity index (χ2v) is 4.98. The molecule has 4 heteroatoms. The summed E-state index contributed by atoms with van der Waals surface area (Å²) in [4.78, 5) is 2.49. The van der Waals surface area contributed by atoms with Gasteiger partial charge in [0.1, 0.15) is 0 Å². The first-order chi connectivity index (χ1) is 8.45. The zero-order valence-electron chi connectivity index (χ0n) is 10.8. The summed E-state index contributed by atoms with van der Waals surface area (Å²) in [6, 6.07) is 0. The van der Waals surface area contributed by atoms with Gasteiger partial charge in [0.2, 0.25) is 0 Å². The maximum atomic E-state index is 5.59. The van der Waals surface area contributed by atoms with Crippen LogP contribution in [0.4, 0.5) is 0 Å². The molecule has 0 aliphatic carbocycles. The normalized spacial score (nSPS) is 26.5. The molecule has 4 nitrogen and oxygen atoms in total. The molecule has 0 radical (unpaired) electrons. The van der Waals surface area contributed by atoms with Gasteiger partial charge in [-0.3, -0.25) is 4.90 Å². The fourth-order valence-corrected chi connectivity index (χ4v) is 2.51. The van der Waals surface area contributed by atoms with Crippen molar-refractivity contribution in [1.82, 2.24) is 10.2 Å². The predicted octanol–water partition coefficient (Wildman–Crippen LogP) is 0.867. The SMILES string of the molecule is C1COC(CCNCCCN2CCOCC2)C1. The zero-order chi connectivity index (χ0) is 11.8. The van der Waals surface area contributed by atoms with Gasteiger partial charge in [0, 0.05) is 19.7 Å². The van der Waals surface area contributed by atoms with Gasteiger partial charge in [-0.2, -0.15) is 0 Å². The van der Waals surface area contributed by atoms with Crippen molar-refractivity contribution in [3.8, 4) is 0 Å². The van der Waals surface area contributed by atoms with Gasteiger partial charge in [0.05, 0.1) is 19.3 Å². The van der Waals surface area contributed by atoms with E-state index in [1.54, 1.807) is 0 Å². The van der Waals surface area contributed by atoms with Crippen molar-refractivity contribution in [2.75, 3.05) is 52.5 Å². The molecular weight excluding hydrogens is 216 g/mol. The van der Waals surface area contributed by atoms with Gasteiger partial charge >= 0.3 is 0 Å². The first kappa shape index (κ1) is 13.3. The monoisotopic (exact) mass is 242 g/mol. The largest absolute Gasteiger partial charge is 0.379 e. The standard InChI is InChI=1S/C13H26N2O2/c1-3-13(17-10-1)4-6-14-5-2-7-15-8-11-16-12-9-15/h13-14H,1-12H2. The summed E-state index contributed by atoms with van der Waals surface area (Å²) in [5, 5.41) is 3.51. The lowest BCUT2D eigenvalue weighted by molar-refractivity contribution is 0.0374. The molecule has 2 heterocycles. The number of rotatable bonds is 7. The number of hydrogen-bond acceptors (Lipinski definition) is 4. The van der Waals surface area contributed by atoms with E-state index >= 15 is 0 Å². The van der Waals surface area contributed by atoms with E-state index < -0.39 is 0 Å². The van der Waals surface area contributed by atoms with Crippen molar-refractivity contribution in [3.63, 3.8) is 0 Å². The average Bonchev–Trinajstić information content (AvgIpc) is 2.88. The minimum Gasteiger partial charge on any atom is -0.379 e. The highest BCUT2D eigenvalue weighted by molar-refractivity contribution is 4.66. The van der Waals surface area contributed by atoms with E-state index in [1.807, 2.05) is 0 Å². The van der Waals surface area contributed by atoms with Crippen LogP contribution in [0, 0.1) is 0 Å². The molecular formula is C13H26N2O2. The summed E-state index contributed by atoms with van der Waals surface area (Å²) in [7, 11) is 0. The molecule has 2 aliphatic heterocycles. The van der Waals surface area contributed by atoms with Crippen molar-refractivity contribution in [3.05, 3.63) is 0 Å². The lowest BCUT2D eigenvalue weighted by Gasteiger charge is -2.26. The first-order valence-electron chi connectivity index (χ1n) is 7.07. The first-order valence-corrected chi connectivity index (χ1v) is 7.07. The molecule has 2 fully saturated rings. The molecule has 2 saturated heterocycles. The average molecular weight is 242 g/mol. The van der Waals surface area contributed by atoms with Crippen LogP contribution >= 0.6 is 0 Å². The van der Waals surface area contributed by atoms with Crippen LogP contribution < -0.4 is 5.32 Å². The van der Waals surface area contributed by atoms with Crippen LogP contribution in [0.15, 0.2) is 0 Å². The van der Waals surface area contributed by atoms with Gasteiger partial charge in [-0.05, 0) is 45.3 Å². The number of morpholine rings is 1. The molecule has 1 atom stereocenters. The Labute approximate surface area is 105 Å². The summed E-state index contributed by atoms with van der Waals surface area (Å²) >= 11 is 0. The Kier molecular flexibility index (Phi) is 6.27. The van der Waals surface area contributed by atoms with Crippen molar-refractivity contribution in [2.45, 2.75) is 31.8 Å². The van der Waals surface area contributed by atoms with Crippen molar-refractivity contribution >= 4 is 0 Å². The fourth-order valence-electron chi connectivity index (χ4n) is 2.51. The van der Waals surface area contributed by atoms with Crippen molar-refractivity contribution in [2.24, 2.45) is 0 Å². The van der Waals surface area contributed by atoms with E-state index in [9.17, 15) is 0 Å². The van der Waals surface area contributed by atoms with Gasteiger partial charge in [-0.15, -0.1) is 0 Å². The molecule has 0 aromatic rings. The smallest absolute Gasteiger partial charge is 0.0594 e. The third kappa shape index (κ3) is 5.34. The zero-order valence-corrected chi connectivity index (χ0v) is 10.8. The Morgan fingerprint density at radius 3 is 2.76 bits per heavy atom. The van der Waals surface area contributed by atoms with Gasteiger partial charge in [-0.1, -0.05) is 0 Å². The second kappa shape index (κ2) is 8.03. The summed E-state index contributed by atoms with van der Waals surface area (Å²) in [5.41, 5.74) is 0. The van der Waals surface area contributed by atoms with Crippen LogP contribution in [0.2, 0.25) is 0 Å². The highest BCUT2D eigenvalue weighted by Gasteiger charge is 2.14. The summed E-state index contributed by atoms with van der Waals surface area (Å²) in [5.74, 6) is 0. The van der Waals surface area contributed by atoms with E-state index in [1.165, 1.54) is 32.2 Å². The topological polar surface area (TPSA) is 33.7 Å². The molecule has 0 amide bonds. The van der Waals surface area contributed by atoms with Crippen molar-refractivity contribution < 1.29 is 9.47 Å². The molecule has 17 heavy (non-hydrogen) atoms. The maximum Gasteiger partial charge on any atom is 0.0594 e. The van der Waals surface area contributed by atoms with E-state index in [-0.39, 0.29) is 0 Å². The molecule has 100 valence electrons. The molecule has 1 N–H and O–H groups in total. The quantitative estimate of drug-likeness (QED) is 0.672. The molecule has 0 aromatic heterocycles. The summed E-state index contributed by atoms with van der Waals surface area (Å²) < 4.78 is 10.9. The molecule has 0 saturated carbocycles. The number of nitrogens with zero attached hydrogens (tertiary/aromatic N) is 1. The van der Waals surface area contributed by atoms with Crippen LogP contribution in [0.5, 0.6) is 0 Å². The summed E-state index contributed by atoms with van der Waals surface area (Å²) in [6.45, 7) is 8.45. The third-order valence-electron chi connectivity index (χ3n) is 3.60. The van der Waals surface area contributed by atoms with Crippen LogP contribution in [0.1, 0.15) is 25.7 Å². The van der Waals surface area contributed by atoms with E-state index in [0.29, 0.717) is 6.10 Å². The lowest BCUT2D eigenvalue weighted by Crippen LogP contribution is -2.37. The Morgan fingerprint density at radius 2 is 2.00 bits per heavy atom. The third-order valence-corrected chi connectivity index (χ3v) is 3.60. The number of nitrogens with one attached hydrogen (secondary N) is 1. The predicted molar refractivity (Wildman–Crippen MR) is 68.3 cm³/mol. The molecule has 1 unspecified atom stereocenters. The highest BCUT2D eigenvalue weighted by atomic mass is 16.5.